The number of anilines is 1. The first-order valence-corrected chi connectivity index (χ1v) is 6.96. The summed E-state index contributed by atoms with van der Waals surface area (Å²) in [6, 6.07) is 0.319. The number of carbonyl (C=O) groups excluding carboxylic acids is 1. The molecule has 116 valence electrons. The van der Waals surface area contributed by atoms with Crippen LogP contribution in [-0.4, -0.2) is 57.5 Å². The zero-order valence-corrected chi connectivity index (χ0v) is 12.2. The molecule has 0 bridgehead atoms. The van der Waals surface area contributed by atoms with Crippen molar-refractivity contribution in [1.29, 1.82) is 0 Å². The minimum Gasteiger partial charge on any atom is -0.480 e. The Balaban J connectivity index is 1.81. The first kappa shape index (κ1) is 15.3. The van der Waals surface area contributed by atoms with Gasteiger partial charge < -0.3 is 20.6 Å². The molecule has 21 heavy (non-hydrogen) atoms. The van der Waals surface area contributed by atoms with Crippen molar-refractivity contribution >= 4 is 17.7 Å². The van der Waals surface area contributed by atoms with Crippen LogP contribution in [0.2, 0.25) is 0 Å². The number of rotatable bonds is 4. The number of carboxylic acids is 1. The second kappa shape index (κ2) is 6.57. The zero-order chi connectivity index (χ0) is 15.4. The standard InChI is InChI=1S/C13H21N5O3/c1-9-5-10(3-4-17(9)2)15-13(21)16-11-6-14-18(7-11)8-12(19)20/h6-7,9-10H,3-5,8H2,1-2H3,(H,19,20)(H2,15,16,21). The Morgan fingerprint density at radius 3 is 2.95 bits per heavy atom. The molecule has 1 aliphatic rings. The highest BCUT2D eigenvalue weighted by Crippen LogP contribution is 2.15. The molecule has 0 spiro atoms. The zero-order valence-electron chi connectivity index (χ0n) is 12.2. The van der Waals surface area contributed by atoms with Gasteiger partial charge in [0.05, 0.1) is 11.9 Å². The maximum atomic E-state index is 11.9. The Bertz CT molecular complexity index is 516. The Morgan fingerprint density at radius 1 is 1.52 bits per heavy atom. The normalized spacial score (nSPS) is 22.8. The number of carbonyl (C=O) groups is 2. The van der Waals surface area contributed by atoms with Gasteiger partial charge in [-0.1, -0.05) is 0 Å². The van der Waals surface area contributed by atoms with E-state index in [1.807, 2.05) is 0 Å². The molecule has 1 aliphatic heterocycles. The highest BCUT2D eigenvalue weighted by Gasteiger charge is 2.23. The van der Waals surface area contributed by atoms with Crippen LogP contribution < -0.4 is 10.6 Å². The Labute approximate surface area is 123 Å². The molecule has 2 unspecified atom stereocenters. The summed E-state index contributed by atoms with van der Waals surface area (Å²) in [5, 5.41) is 18.1. The molecule has 0 saturated carbocycles. The summed E-state index contributed by atoms with van der Waals surface area (Å²) in [5.74, 6) is -0.977. The summed E-state index contributed by atoms with van der Waals surface area (Å²) in [6.45, 7) is 2.88. The SMILES string of the molecule is CC1CC(NC(=O)Nc2cnn(CC(=O)O)c2)CCN1C. The number of amides is 2. The van der Waals surface area contributed by atoms with E-state index >= 15 is 0 Å². The molecule has 2 atom stereocenters. The molecule has 0 aliphatic carbocycles. The third kappa shape index (κ3) is 4.45. The van der Waals surface area contributed by atoms with Gasteiger partial charge in [0, 0.05) is 24.8 Å². The minimum atomic E-state index is -0.977. The molecule has 2 rings (SSSR count). The number of aromatic nitrogens is 2. The molecule has 8 nitrogen and oxygen atoms in total. The van der Waals surface area contributed by atoms with Crippen molar-refractivity contribution in [1.82, 2.24) is 20.0 Å². The quantitative estimate of drug-likeness (QED) is 0.754. The van der Waals surface area contributed by atoms with Crippen LogP contribution in [0.4, 0.5) is 10.5 Å². The van der Waals surface area contributed by atoms with Gasteiger partial charge in [-0.15, -0.1) is 0 Å². The van der Waals surface area contributed by atoms with Crippen LogP contribution in [0.3, 0.4) is 0 Å². The lowest BCUT2D eigenvalue weighted by atomic mass is 9.99. The molecule has 2 heterocycles. The largest absolute Gasteiger partial charge is 0.480 e. The fourth-order valence-electron chi connectivity index (χ4n) is 2.43. The van der Waals surface area contributed by atoms with Gasteiger partial charge >= 0.3 is 12.0 Å². The van der Waals surface area contributed by atoms with Crippen molar-refractivity contribution in [3.63, 3.8) is 0 Å². The van der Waals surface area contributed by atoms with Crippen LogP contribution in [0.1, 0.15) is 19.8 Å². The highest BCUT2D eigenvalue weighted by atomic mass is 16.4. The number of nitrogens with zero attached hydrogens (tertiary/aromatic N) is 3. The Kier molecular flexibility index (Phi) is 4.79. The smallest absolute Gasteiger partial charge is 0.325 e. The van der Waals surface area contributed by atoms with E-state index in [1.165, 1.54) is 17.1 Å². The van der Waals surface area contributed by atoms with Crippen molar-refractivity contribution in [3.8, 4) is 0 Å². The monoisotopic (exact) mass is 295 g/mol. The van der Waals surface area contributed by atoms with Crippen LogP contribution in [0, 0.1) is 0 Å². The first-order valence-electron chi connectivity index (χ1n) is 6.96. The lowest BCUT2D eigenvalue weighted by Gasteiger charge is -2.35. The van der Waals surface area contributed by atoms with Crippen LogP contribution in [0.25, 0.3) is 0 Å². The van der Waals surface area contributed by atoms with Crippen molar-refractivity contribution in [3.05, 3.63) is 12.4 Å². The lowest BCUT2D eigenvalue weighted by Crippen LogP contribution is -2.48. The Hall–Kier alpha value is -2.09. The number of urea groups is 1. The van der Waals surface area contributed by atoms with Crippen molar-refractivity contribution in [2.45, 2.75) is 38.4 Å². The maximum Gasteiger partial charge on any atom is 0.325 e. The topological polar surface area (TPSA) is 99.5 Å². The summed E-state index contributed by atoms with van der Waals surface area (Å²) in [5.41, 5.74) is 0.481. The number of hydrogen-bond donors (Lipinski definition) is 3. The molecule has 1 aromatic heterocycles. The van der Waals surface area contributed by atoms with E-state index in [-0.39, 0.29) is 18.6 Å². The van der Waals surface area contributed by atoms with Crippen molar-refractivity contribution in [2.24, 2.45) is 0 Å². The summed E-state index contributed by atoms with van der Waals surface area (Å²) in [6.07, 6.45) is 4.76. The predicted octanol–water partition coefficient (Wildman–Crippen LogP) is 0.572. The first-order chi connectivity index (χ1) is 9.94. The van der Waals surface area contributed by atoms with E-state index in [0.717, 1.165) is 19.4 Å². The van der Waals surface area contributed by atoms with Gasteiger partial charge in [0.1, 0.15) is 6.54 Å². The number of nitrogens with one attached hydrogen (secondary N) is 2. The van der Waals surface area contributed by atoms with E-state index in [2.05, 4.69) is 34.6 Å². The average molecular weight is 295 g/mol. The second-order valence-corrected chi connectivity index (χ2v) is 5.47. The summed E-state index contributed by atoms with van der Waals surface area (Å²) < 4.78 is 1.26. The fourth-order valence-corrected chi connectivity index (χ4v) is 2.43. The number of hydrogen-bond acceptors (Lipinski definition) is 4. The van der Waals surface area contributed by atoms with Crippen molar-refractivity contribution < 1.29 is 14.7 Å². The fraction of sp³-hybridized carbons (Fsp3) is 0.615. The molecule has 3 N–H and O–H groups in total. The second-order valence-electron chi connectivity index (χ2n) is 5.47. The van der Waals surface area contributed by atoms with E-state index in [4.69, 9.17) is 5.11 Å². The molecule has 2 amide bonds. The molecule has 1 saturated heterocycles. The van der Waals surface area contributed by atoms with Gasteiger partial charge in [0.15, 0.2) is 0 Å². The van der Waals surface area contributed by atoms with Gasteiger partial charge in [-0.05, 0) is 26.8 Å². The third-order valence-corrected chi connectivity index (χ3v) is 3.73. The number of likely N-dealkylation sites (tertiary alicyclic amines) is 1. The summed E-state index contributed by atoms with van der Waals surface area (Å²) in [7, 11) is 2.08. The summed E-state index contributed by atoms with van der Waals surface area (Å²) in [4.78, 5) is 24.7. The maximum absolute atomic E-state index is 11.9. The number of piperidine rings is 1. The van der Waals surface area contributed by atoms with E-state index in [0.29, 0.717) is 11.7 Å². The Morgan fingerprint density at radius 2 is 2.29 bits per heavy atom. The molecule has 0 radical (unpaired) electrons. The predicted molar refractivity (Wildman–Crippen MR) is 77.1 cm³/mol. The molecular formula is C13H21N5O3. The number of carboxylic acid groups (broad SMARTS) is 1. The van der Waals surface area contributed by atoms with Crippen LogP contribution in [-0.2, 0) is 11.3 Å². The van der Waals surface area contributed by atoms with Gasteiger partial charge in [0.2, 0.25) is 0 Å². The molecular weight excluding hydrogens is 274 g/mol. The van der Waals surface area contributed by atoms with E-state index in [1.54, 1.807) is 0 Å². The van der Waals surface area contributed by atoms with Crippen LogP contribution in [0.5, 0.6) is 0 Å². The van der Waals surface area contributed by atoms with E-state index < -0.39 is 5.97 Å². The van der Waals surface area contributed by atoms with Gasteiger partial charge in [-0.25, -0.2) is 4.79 Å². The van der Waals surface area contributed by atoms with Gasteiger partial charge in [0.25, 0.3) is 0 Å². The lowest BCUT2D eigenvalue weighted by molar-refractivity contribution is -0.137. The van der Waals surface area contributed by atoms with Crippen LogP contribution in [0.15, 0.2) is 12.4 Å². The van der Waals surface area contributed by atoms with Crippen molar-refractivity contribution in [2.75, 3.05) is 18.9 Å². The summed E-state index contributed by atoms with van der Waals surface area (Å²) >= 11 is 0. The minimum absolute atomic E-state index is 0.158. The molecule has 0 aromatic carbocycles. The molecule has 1 aromatic rings. The molecule has 1 fully saturated rings. The van der Waals surface area contributed by atoms with Crippen LogP contribution >= 0.6 is 0 Å². The van der Waals surface area contributed by atoms with Gasteiger partial charge in [-0.3, -0.25) is 9.48 Å². The van der Waals surface area contributed by atoms with E-state index in [9.17, 15) is 9.59 Å². The average Bonchev–Trinajstić information content (AvgIpc) is 2.80. The number of aliphatic carboxylic acids is 1. The third-order valence-electron chi connectivity index (χ3n) is 3.73. The molecule has 8 heteroatoms. The van der Waals surface area contributed by atoms with Gasteiger partial charge in [-0.2, -0.15) is 5.10 Å². The highest BCUT2D eigenvalue weighted by molar-refractivity contribution is 5.89.